The molecule has 1 N–H and O–H groups in total. The van der Waals surface area contributed by atoms with E-state index >= 15 is 0 Å². The van der Waals surface area contributed by atoms with E-state index in [1.807, 2.05) is 72.8 Å². The Balaban J connectivity index is 1.75. The number of benzene rings is 3. The van der Waals surface area contributed by atoms with Crippen LogP contribution in [0.3, 0.4) is 0 Å². The number of aliphatic hydroxyl groups excluding tert-OH is 1. The number of hydrogen-bond donors (Lipinski definition) is 1. The normalized spacial score (nSPS) is 10.9. The van der Waals surface area contributed by atoms with Crippen molar-refractivity contribution in [1.29, 1.82) is 0 Å². The summed E-state index contributed by atoms with van der Waals surface area (Å²) < 4.78 is 7.40. The molecule has 0 radical (unpaired) electrons. The highest BCUT2D eigenvalue weighted by molar-refractivity contribution is 7.99. The van der Waals surface area contributed by atoms with Gasteiger partial charge in [0.2, 0.25) is 0 Å². The van der Waals surface area contributed by atoms with Gasteiger partial charge in [0.05, 0.1) is 23.2 Å². The van der Waals surface area contributed by atoms with Crippen molar-refractivity contribution in [3.8, 4) is 17.2 Å². The van der Waals surface area contributed by atoms with Crippen molar-refractivity contribution in [3.63, 3.8) is 0 Å². The van der Waals surface area contributed by atoms with Crippen LogP contribution in [0.25, 0.3) is 16.6 Å². The first-order valence-corrected chi connectivity index (χ1v) is 9.83. The molecule has 0 amide bonds. The molecule has 4 rings (SSSR count). The molecule has 0 unspecified atom stereocenters. The molecule has 0 aliphatic heterocycles. The van der Waals surface area contributed by atoms with Crippen LogP contribution in [0.4, 0.5) is 0 Å². The largest absolute Gasteiger partial charge is 0.457 e. The highest BCUT2D eigenvalue weighted by Crippen LogP contribution is 2.25. The second kappa shape index (κ2) is 8.29. The number of hydrogen-bond acceptors (Lipinski definition) is 5. The minimum atomic E-state index is -0.136. The van der Waals surface area contributed by atoms with Crippen molar-refractivity contribution in [1.82, 2.24) is 9.55 Å². The van der Waals surface area contributed by atoms with Gasteiger partial charge in [0.25, 0.3) is 5.56 Å². The van der Waals surface area contributed by atoms with E-state index in [1.165, 1.54) is 11.8 Å². The third-order valence-electron chi connectivity index (χ3n) is 4.14. The lowest BCUT2D eigenvalue weighted by molar-refractivity contribution is 0.322. The van der Waals surface area contributed by atoms with Crippen molar-refractivity contribution in [3.05, 3.63) is 89.2 Å². The van der Waals surface area contributed by atoms with Crippen molar-refractivity contribution in [2.75, 3.05) is 12.4 Å². The molecule has 140 valence electrons. The minimum absolute atomic E-state index is 0.0111. The van der Waals surface area contributed by atoms with Gasteiger partial charge in [0.15, 0.2) is 5.16 Å². The first-order valence-electron chi connectivity index (χ1n) is 8.85. The van der Waals surface area contributed by atoms with E-state index in [0.717, 1.165) is 5.75 Å². The third-order valence-corrected chi connectivity index (χ3v) is 5.06. The van der Waals surface area contributed by atoms with Crippen LogP contribution >= 0.6 is 11.8 Å². The zero-order chi connectivity index (χ0) is 19.3. The van der Waals surface area contributed by atoms with Gasteiger partial charge in [0.1, 0.15) is 11.5 Å². The first-order chi connectivity index (χ1) is 13.8. The maximum absolute atomic E-state index is 13.1. The van der Waals surface area contributed by atoms with Crippen molar-refractivity contribution >= 4 is 22.7 Å². The Hall–Kier alpha value is -3.09. The van der Waals surface area contributed by atoms with Gasteiger partial charge in [-0.1, -0.05) is 42.1 Å². The molecule has 0 aliphatic carbocycles. The molecule has 0 saturated heterocycles. The number of thioether (sulfide) groups is 1. The smallest absolute Gasteiger partial charge is 0.266 e. The fourth-order valence-corrected chi connectivity index (χ4v) is 3.62. The Kier molecular flexibility index (Phi) is 5.41. The molecule has 28 heavy (non-hydrogen) atoms. The molecule has 0 saturated carbocycles. The lowest BCUT2D eigenvalue weighted by Crippen LogP contribution is -2.21. The van der Waals surface area contributed by atoms with E-state index in [9.17, 15) is 9.90 Å². The van der Waals surface area contributed by atoms with E-state index in [4.69, 9.17) is 4.74 Å². The molecule has 0 aliphatic rings. The van der Waals surface area contributed by atoms with E-state index in [-0.39, 0.29) is 12.2 Å². The van der Waals surface area contributed by atoms with Crippen LogP contribution < -0.4 is 10.3 Å². The third kappa shape index (κ3) is 3.78. The Labute approximate surface area is 166 Å². The Morgan fingerprint density at radius 3 is 2.32 bits per heavy atom. The monoisotopic (exact) mass is 390 g/mol. The number of fused-ring (bicyclic) bond motifs is 1. The summed E-state index contributed by atoms with van der Waals surface area (Å²) in [5, 5.41) is 10.3. The maximum Gasteiger partial charge on any atom is 0.266 e. The van der Waals surface area contributed by atoms with Crippen LogP contribution in [-0.2, 0) is 0 Å². The molecular formula is C22H18N2O3S. The summed E-state index contributed by atoms with van der Waals surface area (Å²) in [6.07, 6.45) is 0. The van der Waals surface area contributed by atoms with Crippen LogP contribution in [0.1, 0.15) is 0 Å². The fourth-order valence-electron chi connectivity index (χ4n) is 2.86. The molecule has 3 aromatic carbocycles. The van der Waals surface area contributed by atoms with Gasteiger partial charge in [0, 0.05) is 5.75 Å². The predicted molar refractivity (Wildman–Crippen MR) is 112 cm³/mol. The highest BCUT2D eigenvalue weighted by Gasteiger charge is 2.13. The van der Waals surface area contributed by atoms with Crippen LogP contribution in [-0.4, -0.2) is 27.0 Å². The van der Waals surface area contributed by atoms with Crippen molar-refractivity contribution in [2.45, 2.75) is 5.16 Å². The number of aromatic nitrogens is 2. The van der Waals surface area contributed by atoms with Crippen LogP contribution in [0.15, 0.2) is 88.8 Å². The van der Waals surface area contributed by atoms with E-state index < -0.39 is 0 Å². The molecule has 0 atom stereocenters. The van der Waals surface area contributed by atoms with Gasteiger partial charge >= 0.3 is 0 Å². The van der Waals surface area contributed by atoms with E-state index in [0.29, 0.717) is 33.2 Å². The molecule has 1 heterocycles. The topological polar surface area (TPSA) is 64.3 Å². The molecule has 6 heteroatoms. The Bertz CT molecular complexity index is 1140. The van der Waals surface area contributed by atoms with Crippen LogP contribution in [0, 0.1) is 0 Å². The minimum Gasteiger partial charge on any atom is -0.457 e. The number of para-hydroxylation sites is 2. The van der Waals surface area contributed by atoms with Gasteiger partial charge in [-0.3, -0.25) is 9.36 Å². The lowest BCUT2D eigenvalue weighted by Gasteiger charge is -2.13. The van der Waals surface area contributed by atoms with Gasteiger partial charge < -0.3 is 9.84 Å². The highest BCUT2D eigenvalue weighted by atomic mass is 32.2. The first kappa shape index (κ1) is 18.3. The maximum atomic E-state index is 13.1. The van der Waals surface area contributed by atoms with Crippen molar-refractivity contribution < 1.29 is 9.84 Å². The molecule has 0 fully saturated rings. The summed E-state index contributed by atoms with van der Waals surface area (Å²) in [5.41, 5.74) is 1.21. The number of aliphatic hydroxyl groups is 1. The Morgan fingerprint density at radius 2 is 1.57 bits per heavy atom. The van der Waals surface area contributed by atoms with Crippen molar-refractivity contribution in [2.24, 2.45) is 0 Å². The summed E-state index contributed by atoms with van der Waals surface area (Å²) >= 11 is 1.35. The SMILES string of the molecule is O=c1c2ccccc2nc(SCCO)n1-c1ccc(Oc2ccccc2)cc1. The summed E-state index contributed by atoms with van der Waals surface area (Å²) in [4.78, 5) is 17.7. The lowest BCUT2D eigenvalue weighted by atomic mass is 10.2. The molecule has 0 spiro atoms. The zero-order valence-electron chi connectivity index (χ0n) is 15.0. The number of nitrogens with zero attached hydrogens (tertiary/aromatic N) is 2. The van der Waals surface area contributed by atoms with Crippen LogP contribution in [0.5, 0.6) is 11.5 Å². The standard InChI is InChI=1S/C22H18N2O3S/c25-14-15-28-22-23-20-9-5-4-8-19(20)21(26)24(22)16-10-12-18(13-11-16)27-17-6-2-1-3-7-17/h1-13,25H,14-15H2. The summed E-state index contributed by atoms with van der Waals surface area (Å²) in [5.74, 6) is 1.89. The predicted octanol–water partition coefficient (Wildman–Crippen LogP) is 4.26. The van der Waals surface area contributed by atoms with E-state index in [1.54, 1.807) is 10.6 Å². The molecule has 5 nitrogen and oxygen atoms in total. The average molecular weight is 390 g/mol. The zero-order valence-corrected chi connectivity index (χ0v) is 15.8. The average Bonchev–Trinajstić information content (AvgIpc) is 2.74. The Morgan fingerprint density at radius 1 is 0.893 bits per heavy atom. The quantitative estimate of drug-likeness (QED) is 0.394. The number of ether oxygens (including phenoxy) is 1. The molecule has 1 aromatic heterocycles. The van der Waals surface area contributed by atoms with Gasteiger partial charge in [-0.2, -0.15) is 0 Å². The fraction of sp³-hybridized carbons (Fsp3) is 0.0909. The van der Waals surface area contributed by atoms with Gasteiger partial charge in [-0.25, -0.2) is 4.98 Å². The summed E-state index contributed by atoms with van der Waals surface area (Å²) in [6, 6.07) is 24.1. The van der Waals surface area contributed by atoms with Crippen LogP contribution in [0.2, 0.25) is 0 Å². The molecule has 0 bridgehead atoms. The number of rotatable bonds is 6. The molecular weight excluding hydrogens is 372 g/mol. The van der Waals surface area contributed by atoms with E-state index in [2.05, 4.69) is 4.98 Å². The molecule has 4 aromatic rings. The van der Waals surface area contributed by atoms with Gasteiger partial charge in [-0.05, 0) is 48.5 Å². The van der Waals surface area contributed by atoms with Gasteiger partial charge in [-0.15, -0.1) is 0 Å². The summed E-state index contributed by atoms with van der Waals surface area (Å²) in [7, 11) is 0. The second-order valence-corrected chi connectivity index (χ2v) is 7.10. The second-order valence-electron chi connectivity index (χ2n) is 6.03. The summed E-state index contributed by atoms with van der Waals surface area (Å²) in [6.45, 7) is 0.0111.